The van der Waals surface area contributed by atoms with Gasteiger partial charge in [0, 0.05) is 29.6 Å². The number of unbranched alkanes of at least 4 members (excludes halogenated alkanes) is 7. The van der Waals surface area contributed by atoms with Gasteiger partial charge in [-0.2, -0.15) is 0 Å². The molecule has 4 N–H and O–H groups in total. The zero-order chi connectivity index (χ0) is 31.0. The van der Waals surface area contributed by atoms with Gasteiger partial charge in [0.1, 0.15) is 5.78 Å². The Hall–Kier alpha value is -2.99. The minimum absolute atomic E-state index is 0.0137. The highest BCUT2D eigenvalue weighted by molar-refractivity contribution is 6.08. The summed E-state index contributed by atoms with van der Waals surface area (Å²) in [6.07, 6.45) is 13.5. The Kier molecular flexibility index (Phi) is 15.5. The summed E-state index contributed by atoms with van der Waals surface area (Å²) in [5.41, 5.74) is 9.12. The van der Waals surface area contributed by atoms with Gasteiger partial charge in [-0.25, -0.2) is 4.79 Å². The second-order valence-electron chi connectivity index (χ2n) is 12.7. The molecule has 232 valence electrons. The van der Waals surface area contributed by atoms with Crippen molar-refractivity contribution in [3.05, 3.63) is 65.2 Å². The van der Waals surface area contributed by atoms with Gasteiger partial charge in [0.2, 0.25) is 0 Å². The van der Waals surface area contributed by atoms with E-state index in [0.717, 1.165) is 68.9 Å². The number of nitrogens with two attached hydrogens (primary N) is 1. The Morgan fingerprint density at radius 1 is 0.762 bits per heavy atom. The topological polar surface area (TPSA) is 101 Å². The first-order chi connectivity index (χ1) is 20.0. The third-order valence-corrected chi connectivity index (χ3v) is 8.07. The first-order valence-corrected chi connectivity index (χ1v) is 16.2. The quantitative estimate of drug-likeness (QED) is 0.154. The molecule has 0 heterocycles. The predicted molar refractivity (Wildman–Crippen MR) is 175 cm³/mol. The molecule has 0 fully saturated rings. The number of amides is 3. The van der Waals surface area contributed by atoms with E-state index >= 15 is 0 Å². The van der Waals surface area contributed by atoms with E-state index in [0.29, 0.717) is 29.5 Å². The third kappa shape index (κ3) is 12.9. The summed E-state index contributed by atoms with van der Waals surface area (Å²) in [6, 6.07) is 14.5. The summed E-state index contributed by atoms with van der Waals surface area (Å²) in [7, 11) is 0. The van der Waals surface area contributed by atoms with E-state index in [1.165, 1.54) is 19.3 Å². The van der Waals surface area contributed by atoms with E-state index in [9.17, 15) is 14.4 Å². The number of ketones is 1. The van der Waals surface area contributed by atoms with Gasteiger partial charge in [-0.3, -0.25) is 14.9 Å². The highest BCUT2D eigenvalue weighted by Gasteiger charge is 2.20. The third-order valence-electron chi connectivity index (χ3n) is 8.07. The van der Waals surface area contributed by atoms with Crippen LogP contribution < -0.4 is 16.4 Å². The Bertz CT molecular complexity index is 1090. The zero-order valence-electron chi connectivity index (χ0n) is 26.8. The number of hydrogen-bond donors (Lipinski definition) is 3. The van der Waals surface area contributed by atoms with Crippen molar-refractivity contribution in [1.82, 2.24) is 5.32 Å². The molecular weight excluding hydrogens is 522 g/mol. The number of urea groups is 1. The fourth-order valence-corrected chi connectivity index (χ4v) is 5.16. The zero-order valence-corrected chi connectivity index (χ0v) is 26.8. The van der Waals surface area contributed by atoms with Crippen LogP contribution in [-0.2, 0) is 10.2 Å². The molecule has 0 aliphatic heterocycles. The maximum absolute atomic E-state index is 13.3. The van der Waals surface area contributed by atoms with Crippen molar-refractivity contribution in [2.45, 2.75) is 135 Å². The Balaban J connectivity index is 1.94. The summed E-state index contributed by atoms with van der Waals surface area (Å²) in [5, 5.41) is 5.14. The van der Waals surface area contributed by atoms with Gasteiger partial charge in [0.25, 0.3) is 5.91 Å². The first kappa shape index (κ1) is 35.2. The summed E-state index contributed by atoms with van der Waals surface area (Å²) in [5.74, 6) is -0.274. The molecule has 0 saturated heterocycles. The van der Waals surface area contributed by atoms with E-state index in [-0.39, 0.29) is 11.3 Å². The average Bonchev–Trinajstić information content (AvgIpc) is 2.96. The predicted octanol–water partition coefficient (Wildman–Crippen LogP) is 9.04. The number of nitrogens with one attached hydrogen (secondary N) is 2. The monoisotopic (exact) mass is 577 g/mol. The van der Waals surface area contributed by atoms with Gasteiger partial charge in [-0.05, 0) is 66.5 Å². The maximum Gasteiger partial charge on any atom is 0.326 e. The summed E-state index contributed by atoms with van der Waals surface area (Å²) in [6.45, 7) is 10.7. The highest BCUT2D eigenvalue weighted by atomic mass is 16.2. The Morgan fingerprint density at radius 3 is 1.95 bits per heavy atom. The smallest absolute Gasteiger partial charge is 0.326 e. The minimum Gasteiger partial charge on any atom is -0.328 e. The molecule has 3 amide bonds. The van der Waals surface area contributed by atoms with Crippen LogP contribution in [0.5, 0.6) is 0 Å². The number of benzene rings is 2. The van der Waals surface area contributed by atoms with Crippen molar-refractivity contribution in [2.75, 3.05) is 5.32 Å². The van der Waals surface area contributed by atoms with Gasteiger partial charge in [0.05, 0.1) is 0 Å². The normalized spacial score (nSPS) is 12.9. The summed E-state index contributed by atoms with van der Waals surface area (Å²) >= 11 is 0. The van der Waals surface area contributed by atoms with Crippen molar-refractivity contribution >= 4 is 23.4 Å². The second-order valence-corrected chi connectivity index (χ2v) is 12.7. The lowest BCUT2D eigenvalue weighted by molar-refractivity contribution is -0.120. The average molecular weight is 578 g/mol. The van der Waals surface area contributed by atoms with Crippen LogP contribution in [0.4, 0.5) is 10.5 Å². The number of hydrogen-bond acceptors (Lipinski definition) is 4. The SMILES string of the molecule is CCCCCCCC(C(=O)CCCCCCC(N)CC)c1ccc(NC(=O)NC(=O)c2ccc(C(C)(C)C)cc2)cc1. The molecule has 2 rings (SSSR count). The molecule has 42 heavy (non-hydrogen) atoms. The van der Waals surface area contributed by atoms with Crippen molar-refractivity contribution < 1.29 is 14.4 Å². The van der Waals surface area contributed by atoms with Gasteiger partial charge < -0.3 is 11.1 Å². The van der Waals surface area contributed by atoms with Crippen LogP contribution in [-0.4, -0.2) is 23.8 Å². The molecule has 0 saturated carbocycles. The highest BCUT2D eigenvalue weighted by Crippen LogP contribution is 2.28. The van der Waals surface area contributed by atoms with Crippen LogP contribution in [0.3, 0.4) is 0 Å². The lowest BCUT2D eigenvalue weighted by Crippen LogP contribution is -2.34. The fraction of sp³-hybridized carbons (Fsp3) is 0.583. The molecule has 0 aromatic heterocycles. The van der Waals surface area contributed by atoms with Crippen LogP contribution in [0.25, 0.3) is 0 Å². The van der Waals surface area contributed by atoms with Gasteiger partial charge >= 0.3 is 6.03 Å². The second kappa shape index (κ2) is 18.5. The minimum atomic E-state index is -0.587. The molecule has 6 nitrogen and oxygen atoms in total. The maximum atomic E-state index is 13.3. The Labute approximate surface area is 254 Å². The fourth-order valence-electron chi connectivity index (χ4n) is 5.16. The van der Waals surface area contributed by atoms with E-state index in [2.05, 4.69) is 45.3 Å². The molecule has 2 atom stereocenters. The Morgan fingerprint density at radius 2 is 1.36 bits per heavy atom. The van der Waals surface area contributed by atoms with Crippen molar-refractivity contribution in [1.29, 1.82) is 0 Å². The number of anilines is 1. The van der Waals surface area contributed by atoms with E-state index in [4.69, 9.17) is 5.73 Å². The molecule has 0 bridgehead atoms. The van der Waals surface area contributed by atoms with Crippen LogP contribution in [0, 0.1) is 0 Å². The van der Waals surface area contributed by atoms with Crippen LogP contribution in [0.1, 0.15) is 145 Å². The van der Waals surface area contributed by atoms with Crippen LogP contribution in [0.15, 0.2) is 48.5 Å². The first-order valence-electron chi connectivity index (χ1n) is 16.2. The van der Waals surface area contributed by atoms with Crippen molar-refractivity contribution in [3.8, 4) is 0 Å². The number of rotatable bonds is 18. The lowest BCUT2D eigenvalue weighted by atomic mass is 9.87. The number of imide groups is 1. The molecule has 2 aromatic carbocycles. The molecule has 6 heteroatoms. The molecule has 0 aliphatic carbocycles. The number of Topliss-reactive ketones (excluding diaryl/α,β-unsaturated/α-hetero) is 1. The molecule has 0 radical (unpaired) electrons. The molecule has 0 spiro atoms. The van der Waals surface area contributed by atoms with Crippen molar-refractivity contribution in [2.24, 2.45) is 5.73 Å². The van der Waals surface area contributed by atoms with Crippen LogP contribution in [0.2, 0.25) is 0 Å². The largest absolute Gasteiger partial charge is 0.328 e. The van der Waals surface area contributed by atoms with Crippen LogP contribution >= 0.6 is 0 Å². The summed E-state index contributed by atoms with van der Waals surface area (Å²) < 4.78 is 0. The van der Waals surface area contributed by atoms with E-state index in [1.807, 2.05) is 36.4 Å². The number of carbonyl (C=O) groups excluding carboxylic acids is 3. The molecule has 2 aromatic rings. The molecule has 0 aliphatic rings. The van der Waals surface area contributed by atoms with Gasteiger partial charge in [-0.1, -0.05) is 110 Å². The van der Waals surface area contributed by atoms with Crippen molar-refractivity contribution in [3.63, 3.8) is 0 Å². The standard InChI is InChI=1S/C36H55N3O3/c1-6-8-9-10-14-17-32(33(40)18-15-12-11-13-16-30(37)7-2)27-21-25-31(26-22-27)38-35(42)39-34(41)28-19-23-29(24-20-28)36(3,4)5/h19-26,30,32H,6-18,37H2,1-5H3,(H2,38,39,41,42). The molecular formula is C36H55N3O3. The summed E-state index contributed by atoms with van der Waals surface area (Å²) in [4.78, 5) is 38.4. The van der Waals surface area contributed by atoms with Gasteiger partial charge in [-0.15, -0.1) is 0 Å². The van der Waals surface area contributed by atoms with E-state index in [1.54, 1.807) is 12.1 Å². The molecule has 2 unspecified atom stereocenters. The lowest BCUT2D eigenvalue weighted by Gasteiger charge is -2.19. The number of carbonyl (C=O) groups is 3. The van der Waals surface area contributed by atoms with E-state index < -0.39 is 11.9 Å². The van der Waals surface area contributed by atoms with Gasteiger partial charge in [0.15, 0.2) is 0 Å².